The molecular weight excluding hydrogens is 326 g/mol. The van der Waals surface area contributed by atoms with Crippen LogP contribution >= 0.6 is 27.3 Å². The lowest BCUT2D eigenvalue weighted by molar-refractivity contribution is -0.111. The first-order chi connectivity index (χ1) is 9.19. The molecule has 5 heteroatoms. The first kappa shape index (κ1) is 13.8. The molecule has 1 amide bonds. The maximum Gasteiger partial charge on any atom is 0.248 e. The van der Waals surface area contributed by atoms with E-state index in [9.17, 15) is 4.79 Å². The van der Waals surface area contributed by atoms with E-state index in [2.05, 4.69) is 21.2 Å². The Hall–Kier alpha value is -1.59. The van der Waals surface area contributed by atoms with E-state index in [1.165, 1.54) is 6.08 Å². The fourth-order valence-electron chi connectivity index (χ4n) is 1.50. The molecule has 0 unspecified atom stereocenters. The lowest BCUT2D eigenvalue weighted by Gasteiger charge is -2.07. The highest BCUT2D eigenvalue weighted by atomic mass is 79.9. The largest absolute Gasteiger partial charge is 0.495 e. The van der Waals surface area contributed by atoms with Gasteiger partial charge in [0.2, 0.25) is 5.91 Å². The van der Waals surface area contributed by atoms with E-state index < -0.39 is 0 Å². The molecule has 0 spiro atoms. The second kappa shape index (κ2) is 6.54. The predicted octanol–water partition coefficient (Wildman–Crippen LogP) is 4.17. The van der Waals surface area contributed by atoms with Crippen molar-refractivity contribution in [2.24, 2.45) is 0 Å². The molecule has 0 radical (unpaired) electrons. The summed E-state index contributed by atoms with van der Waals surface area (Å²) in [5, 5.41) is 4.75. The first-order valence-electron chi connectivity index (χ1n) is 5.55. The monoisotopic (exact) mass is 337 g/mol. The van der Waals surface area contributed by atoms with Gasteiger partial charge in [0, 0.05) is 20.8 Å². The Labute approximate surface area is 124 Å². The molecule has 0 saturated heterocycles. The summed E-state index contributed by atoms with van der Waals surface area (Å²) < 4.78 is 6.19. The van der Waals surface area contributed by atoms with E-state index in [0.29, 0.717) is 11.4 Å². The third-order valence-corrected chi connectivity index (χ3v) is 4.01. The number of carbonyl (C=O) groups excluding carboxylic acids is 1. The molecule has 0 saturated carbocycles. The summed E-state index contributed by atoms with van der Waals surface area (Å²) in [6, 6.07) is 9.26. The Kier molecular flexibility index (Phi) is 4.76. The molecule has 0 aliphatic heterocycles. The molecule has 0 bridgehead atoms. The fraction of sp³-hybridized carbons (Fsp3) is 0.0714. The Morgan fingerprint density at radius 2 is 2.21 bits per heavy atom. The number of nitrogens with one attached hydrogen (secondary N) is 1. The van der Waals surface area contributed by atoms with Gasteiger partial charge in [-0.05, 0) is 40.2 Å². The number of thiophene rings is 1. The predicted molar refractivity (Wildman–Crippen MR) is 82.7 cm³/mol. The molecule has 0 fully saturated rings. The zero-order chi connectivity index (χ0) is 13.7. The minimum Gasteiger partial charge on any atom is -0.495 e. The van der Waals surface area contributed by atoms with Gasteiger partial charge in [0.15, 0.2) is 0 Å². The van der Waals surface area contributed by atoms with Crippen molar-refractivity contribution >= 4 is 44.9 Å². The number of methoxy groups -OCH3 is 1. The quantitative estimate of drug-likeness (QED) is 0.850. The van der Waals surface area contributed by atoms with E-state index in [4.69, 9.17) is 4.74 Å². The SMILES string of the molecule is COc1ccccc1NC(=O)C=Cc1cc(Br)cs1. The number of benzene rings is 1. The average molecular weight is 338 g/mol. The van der Waals surface area contributed by atoms with E-state index in [1.54, 1.807) is 36.7 Å². The average Bonchev–Trinajstić information content (AvgIpc) is 2.83. The summed E-state index contributed by atoms with van der Waals surface area (Å²) >= 11 is 4.94. The van der Waals surface area contributed by atoms with Crippen LogP contribution in [0.25, 0.3) is 6.08 Å². The molecule has 98 valence electrons. The number of halogens is 1. The van der Waals surface area contributed by atoms with E-state index in [1.807, 2.05) is 23.6 Å². The molecule has 1 N–H and O–H groups in total. The van der Waals surface area contributed by atoms with Crippen molar-refractivity contribution in [2.75, 3.05) is 12.4 Å². The highest BCUT2D eigenvalue weighted by Crippen LogP contribution is 2.23. The molecule has 2 aromatic rings. The van der Waals surface area contributed by atoms with Gasteiger partial charge in [-0.15, -0.1) is 11.3 Å². The van der Waals surface area contributed by atoms with Gasteiger partial charge in [-0.2, -0.15) is 0 Å². The molecule has 0 aliphatic rings. The van der Waals surface area contributed by atoms with Crippen molar-refractivity contribution in [1.82, 2.24) is 0 Å². The third-order valence-electron chi connectivity index (χ3n) is 2.35. The molecule has 1 aromatic carbocycles. The fourth-order valence-corrected chi connectivity index (χ4v) is 2.83. The highest BCUT2D eigenvalue weighted by Gasteiger charge is 2.03. The van der Waals surface area contributed by atoms with Crippen molar-refractivity contribution in [3.63, 3.8) is 0 Å². The lowest BCUT2D eigenvalue weighted by Crippen LogP contribution is -2.08. The van der Waals surface area contributed by atoms with Crippen LogP contribution in [0.2, 0.25) is 0 Å². The summed E-state index contributed by atoms with van der Waals surface area (Å²) in [6.45, 7) is 0. The number of hydrogen-bond donors (Lipinski definition) is 1. The van der Waals surface area contributed by atoms with E-state index in [0.717, 1.165) is 9.35 Å². The second-order valence-corrected chi connectivity index (χ2v) is 5.55. The van der Waals surface area contributed by atoms with Crippen LogP contribution in [0.5, 0.6) is 5.75 Å². The summed E-state index contributed by atoms with van der Waals surface area (Å²) in [4.78, 5) is 12.8. The highest BCUT2D eigenvalue weighted by molar-refractivity contribution is 9.10. The van der Waals surface area contributed by atoms with Crippen LogP contribution < -0.4 is 10.1 Å². The van der Waals surface area contributed by atoms with Gasteiger partial charge in [0.1, 0.15) is 5.75 Å². The van der Waals surface area contributed by atoms with E-state index >= 15 is 0 Å². The zero-order valence-electron chi connectivity index (χ0n) is 10.2. The second-order valence-electron chi connectivity index (χ2n) is 3.69. The van der Waals surface area contributed by atoms with Gasteiger partial charge < -0.3 is 10.1 Å². The van der Waals surface area contributed by atoms with Crippen molar-refractivity contribution in [3.8, 4) is 5.75 Å². The van der Waals surface area contributed by atoms with Crippen molar-refractivity contribution in [2.45, 2.75) is 0 Å². The normalized spacial score (nSPS) is 10.6. The first-order valence-corrected chi connectivity index (χ1v) is 7.22. The molecule has 3 nitrogen and oxygen atoms in total. The molecule has 2 rings (SSSR count). The number of para-hydroxylation sites is 2. The maximum absolute atomic E-state index is 11.8. The number of ether oxygens (including phenoxy) is 1. The maximum atomic E-state index is 11.8. The molecule has 0 aliphatic carbocycles. The molecule has 1 heterocycles. The van der Waals surface area contributed by atoms with Crippen LogP contribution in [-0.4, -0.2) is 13.0 Å². The van der Waals surface area contributed by atoms with Crippen molar-refractivity contribution in [3.05, 3.63) is 51.1 Å². The third kappa shape index (κ3) is 3.94. The van der Waals surface area contributed by atoms with E-state index in [-0.39, 0.29) is 5.91 Å². The molecule has 0 atom stereocenters. The van der Waals surface area contributed by atoms with Gasteiger partial charge in [0.05, 0.1) is 12.8 Å². The zero-order valence-corrected chi connectivity index (χ0v) is 12.6. The molecule has 19 heavy (non-hydrogen) atoms. The number of hydrogen-bond acceptors (Lipinski definition) is 3. The Balaban J connectivity index is 2.03. The number of amides is 1. The Morgan fingerprint density at radius 3 is 2.89 bits per heavy atom. The van der Waals surface area contributed by atoms with Crippen LogP contribution in [-0.2, 0) is 4.79 Å². The van der Waals surface area contributed by atoms with Crippen LogP contribution in [0.15, 0.2) is 46.3 Å². The lowest BCUT2D eigenvalue weighted by atomic mass is 10.3. The minimum absolute atomic E-state index is 0.186. The summed E-state index contributed by atoms with van der Waals surface area (Å²) in [5.74, 6) is 0.456. The van der Waals surface area contributed by atoms with Crippen molar-refractivity contribution in [1.29, 1.82) is 0 Å². The van der Waals surface area contributed by atoms with Gasteiger partial charge in [-0.1, -0.05) is 12.1 Å². The van der Waals surface area contributed by atoms with Gasteiger partial charge in [0.25, 0.3) is 0 Å². The van der Waals surface area contributed by atoms with Gasteiger partial charge in [-0.25, -0.2) is 0 Å². The van der Waals surface area contributed by atoms with Crippen LogP contribution in [0.1, 0.15) is 4.88 Å². The Bertz CT molecular complexity index is 607. The summed E-state index contributed by atoms with van der Waals surface area (Å²) in [6.07, 6.45) is 3.28. The molecular formula is C14H12BrNO2S. The topological polar surface area (TPSA) is 38.3 Å². The summed E-state index contributed by atoms with van der Waals surface area (Å²) in [7, 11) is 1.57. The van der Waals surface area contributed by atoms with Gasteiger partial charge >= 0.3 is 0 Å². The summed E-state index contributed by atoms with van der Waals surface area (Å²) in [5.41, 5.74) is 0.659. The van der Waals surface area contributed by atoms with Crippen LogP contribution in [0.4, 0.5) is 5.69 Å². The minimum atomic E-state index is -0.186. The van der Waals surface area contributed by atoms with Gasteiger partial charge in [-0.3, -0.25) is 4.79 Å². The number of rotatable bonds is 4. The number of anilines is 1. The van der Waals surface area contributed by atoms with Crippen molar-refractivity contribution < 1.29 is 9.53 Å². The Morgan fingerprint density at radius 1 is 1.42 bits per heavy atom. The smallest absolute Gasteiger partial charge is 0.248 e. The standard InChI is InChI=1S/C14H12BrNO2S/c1-18-13-5-3-2-4-12(13)16-14(17)7-6-11-8-10(15)9-19-11/h2-9H,1H3,(H,16,17). The van der Waals surface area contributed by atoms with Crippen LogP contribution in [0, 0.1) is 0 Å². The molecule has 1 aromatic heterocycles. The number of carbonyl (C=O) groups is 1. The van der Waals surface area contributed by atoms with Crippen LogP contribution in [0.3, 0.4) is 0 Å².